The van der Waals surface area contributed by atoms with Crippen LogP contribution in [0.2, 0.25) is 0 Å². The van der Waals surface area contributed by atoms with Gasteiger partial charge in [-0.15, -0.1) is 11.3 Å². The van der Waals surface area contributed by atoms with Crippen LogP contribution in [0.4, 0.5) is 0 Å². The number of aromatic carboxylic acids is 1. The second kappa shape index (κ2) is 3.75. The molecule has 0 aromatic carbocycles. The lowest BCUT2D eigenvalue weighted by atomic mass is 10.2. The maximum absolute atomic E-state index is 11.0. The third kappa shape index (κ3) is 1.63. The van der Waals surface area contributed by atoms with E-state index in [1.807, 2.05) is 18.4 Å². The van der Waals surface area contributed by atoms with E-state index in [9.17, 15) is 4.79 Å². The zero-order valence-electron chi connectivity index (χ0n) is 9.31. The molecule has 0 amide bonds. The molecule has 2 heterocycles. The summed E-state index contributed by atoms with van der Waals surface area (Å²) >= 11 is 1.55. The van der Waals surface area contributed by atoms with E-state index in [0.29, 0.717) is 5.56 Å². The average Bonchev–Trinajstić information content (AvgIpc) is 2.71. The van der Waals surface area contributed by atoms with Crippen molar-refractivity contribution in [2.45, 2.75) is 20.8 Å². The Morgan fingerprint density at radius 2 is 2.12 bits per heavy atom. The molecule has 0 unspecified atom stereocenters. The molecule has 0 radical (unpaired) electrons. The highest BCUT2D eigenvalue weighted by atomic mass is 32.1. The Labute approximate surface area is 97.2 Å². The molecule has 5 heteroatoms. The molecule has 0 spiro atoms. The van der Waals surface area contributed by atoms with Crippen LogP contribution in [-0.2, 0) is 0 Å². The van der Waals surface area contributed by atoms with Gasteiger partial charge in [0.05, 0.1) is 5.56 Å². The number of carboxylic acids is 1. The molecule has 2 aromatic heterocycles. The van der Waals surface area contributed by atoms with Crippen LogP contribution in [-0.4, -0.2) is 20.6 Å². The Bertz CT molecular complexity index is 554. The van der Waals surface area contributed by atoms with E-state index >= 15 is 0 Å². The van der Waals surface area contributed by atoms with E-state index in [4.69, 9.17) is 5.11 Å². The minimum absolute atomic E-state index is 0.338. The number of aromatic nitrogens is 2. The quantitative estimate of drug-likeness (QED) is 0.871. The SMILES string of the molecule is Cc1cnc(-n2c(C)cc(C(=O)O)c2C)s1. The summed E-state index contributed by atoms with van der Waals surface area (Å²) in [6.07, 6.45) is 1.79. The normalized spacial score (nSPS) is 10.7. The molecule has 0 aliphatic rings. The fourth-order valence-electron chi connectivity index (χ4n) is 1.72. The van der Waals surface area contributed by atoms with Gasteiger partial charge in [-0.25, -0.2) is 9.78 Å². The number of thiazole rings is 1. The topological polar surface area (TPSA) is 55.1 Å². The molecule has 4 nitrogen and oxygen atoms in total. The number of hydrogen-bond acceptors (Lipinski definition) is 3. The maximum atomic E-state index is 11.0. The number of carbonyl (C=O) groups is 1. The van der Waals surface area contributed by atoms with Crippen molar-refractivity contribution in [3.05, 3.63) is 34.1 Å². The van der Waals surface area contributed by atoms with Crippen molar-refractivity contribution in [2.75, 3.05) is 0 Å². The number of carboxylic acid groups (broad SMARTS) is 1. The van der Waals surface area contributed by atoms with Crippen LogP contribution in [0.25, 0.3) is 5.13 Å². The Morgan fingerprint density at radius 1 is 1.44 bits per heavy atom. The molecule has 0 saturated heterocycles. The van der Waals surface area contributed by atoms with Crippen LogP contribution >= 0.6 is 11.3 Å². The van der Waals surface area contributed by atoms with Gasteiger partial charge in [-0.05, 0) is 26.8 Å². The van der Waals surface area contributed by atoms with Gasteiger partial charge in [0.1, 0.15) is 0 Å². The van der Waals surface area contributed by atoms with E-state index in [1.165, 1.54) is 0 Å². The smallest absolute Gasteiger partial charge is 0.337 e. The predicted molar refractivity (Wildman–Crippen MR) is 62.6 cm³/mol. The Hall–Kier alpha value is -1.62. The van der Waals surface area contributed by atoms with Crippen LogP contribution < -0.4 is 0 Å². The molecule has 0 saturated carbocycles. The lowest BCUT2D eigenvalue weighted by molar-refractivity contribution is 0.0696. The Morgan fingerprint density at radius 3 is 2.56 bits per heavy atom. The first kappa shape index (κ1) is 10.9. The fraction of sp³-hybridized carbons (Fsp3) is 0.273. The van der Waals surface area contributed by atoms with Gasteiger partial charge in [-0.3, -0.25) is 4.57 Å². The lowest BCUT2D eigenvalue weighted by Crippen LogP contribution is -2.01. The first-order chi connectivity index (χ1) is 7.50. The summed E-state index contributed by atoms with van der Waals surface area (Å²) in [6.45, 7) is 5.66. The van der Waals surface area contributed by atoms with Gasteiger partial charge < -0.3 is 5.11 Å². The highest BCUT2D eigenvalue weighted by molar-refractivity contribution is 7.14. The van der Waals surface area contributed by atoms with Gasteiger partial charge in [0, 0.05) is 22.5 Å². The summed E-state index contributed by atoms with van der Waals surface area (Å²) < 4.78 is 1.88. The number of nitrogens with zero attached hydrogens (tertiary/aromatic N) is 2. The molecule has 16 heavy (non-hydrogen) atoms. The van der Waals surface area contributed by atoms with Crippen molar-refractivity contribution in [3.8, 4) is 5.13 Å². The lowest BCUT2D eigenvalue weighted by Gasteiger charge is -2.04. The van der Waals surface area contributed by atoms with Gasteiger partial charge in [-0.2, -0.15) is 0 Å². The van der Waals surface area contributed by atoms with E-state index in [1.54, 1.807) is 30.5 Å². The predicted octanol–water partition coefficient (Wildman–Crippen LogP) is 2.56. The highest BCUT2D eigenvalue weighted by Gasteiger charge is 2.16. The highest BCUT2D eigenvalue weighted by Crippen LogP contribution is 2.23. The Kier molecular flexibility index (Phi) is 2.55. The van der Waals surface area contributed by atoms with Gasteiger partial charge in [0.15, 0.2) is 5.13 Å². The molecule has 2 rings (SSSR count). The third-order valence-corrected chi connectivity index (χ3v) is 3.36. The molecular weight excluding hydrogens is 224 g/mol. The van der Waals surface area contributed by atoms with Gasteiger partial charge in [-0.1, -0.05) is 0 Å². The van der Waals surface area contributed by atoms with Gasteiger partial charge >= 0.3 is 5.97 Å². The minimum Gasteiger partial charge on any atom is -0.478 e. The third-order valence-electron chi connectivity index (χ3n) is 2.46. The number of aryl methyl sites for hydroxylation is 2. The summed E-state index contributed by atoms with van der Waals surface area (Å²) in [6, 6.07) is 1.67. The van der Waals surface area contributed by atoms with Crippen LogP contribution in [0, 0.1) is 20.8 Å². The van der Waals surface area contributed by atoms with Crippen molar-refractivity contribution < 1.29 is 9.90 Å². The molecule has 0 fully saturated rings. The first-order valence-corrected chi connectivity index (χ1v) is 5.67. The van der Waals surface area contributed by atoms with E-state index in [-0.39, 0.29) is 0 Å². The summed E-state index contributed by atoms with van der Waals surface area (Å²) in [7, 11) is 0. The first-order valence-electron chi connectivity index (χ1n) is 4.85. The van der Waals surface area contributed by atoms with Crippen molar-refractivity contribution >= 4 is 17.3 Å². The molecule has 1 N–H and O–H groups in total. The Balaban J connectivity index is 2.61. The molecular formula is C11H12N2O2S. The van der Waals surface area contributed by atoms with Crippen LogP contribution in [0.3, 0.4) is 0 Å². The van der Waals surface area contributed by atoms with Crippen molar-refractivity contribution in [2.24, 2.45) is 0 Å². The zero-order valence-corrected chi connectivity index (χ0v) is 10.1. The largest absolute Gasteiger partial charge is 0.478 e. The summed E-state index contributed by atoms with van der Waals surface area (Å²) in [5, 5.41) is 9.84. The second-order valence-electron chi connectivity index (χ2n) is 3.68. The standard InChI is InChI=1S/C11H12N2O2S/c1-6-4-9(10(14)15)8(3)13(6)11-12-5-7(2)16-11/h4-5H,1-3H3,(H,14,15). The average molecular weight is 236 g/mol. The molecule has 0 aliphatic carbocycles. The van der Waals surface area contributed by atoms with Crippen molar-refractivity contribution in [3.63, 3.8) is 0 Å². The maximum Gasteiger partial charge on any atom is 0.337 e. The van der Waals surface area contributed by atoms with Gasteiger partial charge in [0.25, 0.3) is 0 Å². The van der Waals surface area contributed by atoms with E-state index in [0.717, 1.165) is 21.4 Å². The summed E-state index contributed by atoms with van der Waals surface area (Å²) in [5.41, 5.74) is 1.95. The molecule has 84 valence electrons. The molecule has 0 aliphatic heterocycles. The number of rotatable bonds is 2. The van der Waals surface area contributed by atoms with Crippen LogP contribution in [0.1, 0.15) is 26.6 Å². The molecule has 2 aromatic rings. The van der Waals surface area contributed by atoms with Gasteiger partial charge in [0.2, 0.25) is 0 Å². The summed E-state index contributed by atoms with van der Waals surface area (Å²) in [4.78, 5) is 16.4. The van der Waals surface area contributed by atoms with E-state index in [2.05, 4.69) is 4.98 Å². The van der Waals surface area contributed by atoms with E-state index < -0.39 is 5.97 Å². The second-order valence-corrected chi connectivity index (χ2v) is 4.89. The molecule has 0 atom stereocenters. The van der Waals surface area contributed by atoms with Crippen LogP contribution in [0.5, 0.6) is 0 Å². The van der Waals surface area contributed by atoms with Crippen molar-refractivity contribution in [1.82, 2.24) is 9.55 Å². The zero-order chi connectivity index (χ0) is 11.9. The van der Waals surface area contributed by atoms with Crippen LogP contribution in [0.15, 0.2) is 12.3 Å². The monoisotopic (exact) mass is 236 g/mol. The van der Waals surface area contributed by atoms with Crippen molar-refractivity contribution in [1.29, 1.82) is 0 Å². The minimum atomic E-state index is -0.896. The summed E-state index contributed by atoms with van der Waals surface area (Å²) in [5.74, 6) is -0.896. The fourth-order valence-corrected chi connectivity index (χ4v) is 2.59. The number of hydrogen-bond donors (Lipinski definition) is 1. The molecule has 0 bridgehead atoms.